The van der Waals surface area contributed by atoms with Crippen molar-refractivity contribution < 1.29 is 19.1 Å². The minimum atomic E-state index is -0.641. The van der Waals surface area contributed by atoms with Gasteiger partial charge in [0.25, 0.3) is 0 Å². The van der Waals surface area contributed by atoms with Crippen molar-refractivity contribution in [1.29, 1.82) is 0 Å². The molecule has 2 atom stereocenters. The van der Waals surface area contributed by atoms with Gasteiger partial charge in [0.15, 0.2) is 0 Å². The van der Waals surface area contributed by atoms with Crippen LogP contribution in [0.2, 0.25) is 0 Å². The largest absolute Gasteiger partial charge is 0.467 e. The molecule has 0 aromatic rings. The number of hydrogen-bond acceptors (Lipinski definition) is 4. The summed E-state index contributed by atoms with van der Waals surface area (Å²) in [6.45, 7) is 5.61. The van der Waals surface area contributed by atoms with Crippen molar-refractivity contribution in [2.45, 2.75) is 44.2 Å². The minimum Gasteiger partial charge on any atom is -0.467 e. The van der Waals surface area contributed by atoms with Crippen molar-refractivity contribution in [1.82, 2.24) is 4.90 Å². The van der Waals surface area contributed by atoms with Gasteiger partial charge in [-0.1, -0.05) is 0 Å². The normalized spacial score (nSPS) is 24.6. The zero-order valence-electron chi connectivity index (χ0n) is 10.5. The van der Waals surface area contributed by atoms with Crippen LogP contribution < -0.4 is 0 Å². The SMILES string of the molecule is COC(=O)[C@@H]1C[C@@H](Cl)CN1C(=O)OC(C)(C)C. The smallest absolute Gasteiger partial charge is 0.411 e. The van der Waals surface area contributed by atoms with Crippen molar-refractivity contribution in [2.75, 3.05) is 13.7 Å². The van der Waals surface area contributed by atoms with E-state index >= 15 is 0 Å². The van der Waals surface area contributed by atoms with Crippen molar-refractivity contribution in [3.8, 4) is 0 Å². The molecule has 5 nitrogen and oxygen atoms in total. The summed E-state index contributed by atoms with van der Waals surface area (Å²) in [5.74, 6) is -0.459. The van der Waals surface area contributed by atoms with E-state index < -0.39 is 23.7 Å². The van der Waals surface area contributed by atoms with E-state index in [1.54, 1.807) is 20.8 Å². The summed E-state index contributed by atoms with van der Waals surface area (Å²) in [7, 11) is 1.29. The van der Waals surface area contributed by atoms with Crippen LogP contribution in [0.4, 0.5) is 4.79 Å². The lowest BCUT2D eigenvalue weighted by Crippen LogP contribution is -2.43. The molecule has 0 bridgehead atoms. The van der Waals surface area contributed by atoms with E-state index in [2.05, 4.69) is 4.74 Å². The number of halogens is 1. The van der Waals surface area contributed by atoms with E-state index in [0.717, 1.165) is 0 Å². The van der Waals surface area contributed by atoms with Gasteiger partial charge in [-0.05, 0) is 27.2 Å². The van der Waals surface area contributed by atoms with Crippen LogP contribution in [0.1, 0.15) is 27.2 Å². The molecule has 0 aromatic carbocycles. The molecule has 0 unspecified atom stereocenters. The highest BCUT2D eigenvalue weighted by Gasteiger charge is 2.41. The molecular formula is C11H18ClNO4. The van der Waals surface area contributed by atoms with Crippen LogP contribution in [-0.2, 0) is 14.3 Å². The summed E-state index contributed by atoms with van der Waals surface area (Å²) >= 11 is 5.96. The molecule has 0 aliphatic carbocycles. The molecule has 1 heterocycles. The highest BCUT2D eigenvalue weighted by atomic mass is 35.5. The molecule has 0 spiro atoms. The first-order valence-corrected chi connectivity index (χ1v) is 5.89. The van der Waals surface area contributed by atoms with Crippen LogP contribution in [0.3, 0.4) is 0 Å². The minimum absolute atomic E-state index is 0.244. The monoisotopic (exact) mass is 263 g/mol. The lowest BCUT2D eigenvalue weighted by Gasteiger charge is -2.27. The Bertz CT molecular complexity index is 313. The van der Waals surface area contributed by atoms with E-state index in [-0.39, 0.29) is 5.38 Å². The van der Waals surface area contributed by atoms with Gasteiger partial charge in [-0.2, -0.15) is 0 Å². The van der Waals surface area contributed by atoms with Crippen molar-refractivity contribution >= 4 is 23.7 Å². The molecule has 6 heteroatoms. The average Bonchev–Trinajstić information content (AvgIpc) is 2.56. The molecule has 1 amide bonds. The number of rotatable bonds is 1. The van der Waals surface area contributed by atoms with Crippen LogP contribution in [0.15, 0.2) is 0 Å². The van der Waals surface area contributed by atoms with E-state index in [1.807, 2.05) is 0 Å². The van der Waals surface area contributed by atoms with Gasteiger partial charge in [0, 0.05) is 6.54 Å². The Kier molecular flexibility index (Phi) is 4.25. The highest BCUT2D eigenvalue weighted by molar-refractivity contribution is 6.21. The third kappa shape index (κ3) is 3.77. The summed E-state index contributed by atoms with van der Waals surface area (Å²) in [5, 5.41) is -0.244. The molecular weight excluding hydrogens is 246 g/mol. The maximum absolute atomic E-state index is 11.9. The second kappa shape index (κ2) is 5.12. The van der Waals surface area contributed by atoms with Gasteiger partial charge in [0.1, 0.15) is 11.6 Å². The fourth-order valence-corrected chi connectivity index (χ4v) is 1.98. The Morgan fingerprint density at radius 1 is 1.35 bits per heavy atom. The summed E-state index contributed by atoms with van der Waals surface area (Å²) < 4.78 is 9.86. The Balaban J connectivity index is 2.73. The molecule has 1 fully saturated rings. The lowest BCUT2D eigenvalue weighted by molar-refractivity contribution is -0.145. The fraction of sp³-hybridized carbons (Fsp3) is 0.818. The van der Waals surface area contributed by atoms with Crippen molar-refractivity contribution in [3.63, 3.8) is 0 Å². The van der Waals surface area contributed by atoms with Gasteiger partial charge in [0.2, 0.25) is 0 Å². The fourth-order valence-electron chi connectivity index (χ4n) is 1.67. The summed E-state index contributed by atoms with van der Waals surface area (Å²) in [4.78, 5) is 24.7. The molecule has 0 saturated carbocycles. The molecule has 1 rings (SSSR count). The first-order chi connectivity index (χ1) is 7.74. The van der Waals surface area contributed by atoms with Crippen molar-refractivity contribution in [2.24, 2.45) is 0 Å². The number of carbonyl (C=O) groups is 2. The number of esters is 1. The number of methoxy groups -OCH3 is 1. The lowest BCUT2D eigenvalue weighted by atomic mass is 10.2. The van der Waals surface area contributed by atoms with Gasteiger partial charge in [0.05, 0.1) is 12.5 Å². The quantitative estimate of drug-likeness (QED) is 0.534. The molecule has 0 radical (unpaired) electrons. The zero-order chi connectivity index (χ0) is 13.2. The standard InChI is InChI=1S/C11H18ClNO4/c1-11(2,3)17-10(15)13-6-7(12)5-8(13)9(14)16-4/h7-8H,5-6H2,1-4H3/t7-,8+/m1/s1. The van der Waals surface area contributed by atoms with Gasteiger partial charge < -0.3 is 9.47 Å². The van der Waals surface area contributed by atoms with Crippen LogP contribution in [0.25, 0.3) is 0 Å². The molecule has 1 aliphatic heterocycles. The highest BCUT2D eigenvalue weighted by Crippen LogP contribution is 2.25. The third-order valence-electron chi connectivity index (χ3n) is 2.35. The molecule has 1 saturated heterocycles. The number of amides is 1. The number of ether oxygens (including phenoxy) is 2. The summed E-state index contributed by atoms with van der Waals surface area (Å²) in [6.07, 6.45) is -0.135. The third-order valence-corrected chi connectivity index (χ3v) is 2.67. The predicted octanol–water partition coefficient (Wildman–Crippen LogP) is 1.78. The maximum atomic E-state index is 11.9. The van der Waals surface area contributed by atoms with E-state index in [0.29, 0.717) is 13.0 Å². The topological polar surface area (TPSA) is 55.8 Å². The number of hydrogen-bond donors (Lipinski definition) is 0. The maximum Gasteiger partial charge on any atom is 0.411 e. The van der Waals surface area contributed by atoms with E-state index in [9.17, 15) is 9.59 Å². The first-order valence-electron chi connectivity index (χ1n) is 5.46. The second-order valence-electron chi connectivity index (χ2n) is 5.00. The molecule has 1 aliphatic rings. The Morgan fingerprint density at radius 3 is 2.41 bits per heavy atom. The van der Waals surface area contributed by atoms with Crippen LogP contribution >= 0.6 is 11.6 Å². The van der Waals surface area contributed by atoms with Gasteiger partial charge >= 0.3 is 12.1 Å². The molecule has 98 valence electrons. The molecule has 17 heavy (non-hydrogen) atoms. The van der Waals surface area contributed by atoms with Crippen LogP contribution in [-0.4, -0.2) is 47.6 Å². The van der Waals surface area contributed by atoms with Gasteiger partial charge in [-0.25, -0.2) is 9.59 Å². The first kappa shape index (κ1) is 14.1. The summed E-state index contributed by atoms with van der Waals surface area (Å²) in [5.41, 5.74) is -0.595. The van der Waals surface area contributed by atoms with Crippen LogP contribution in [0.5, 0.6) is 0 Å². The second-order valence-corrected chi connectivity index (χ2v) is 5.62. The number of likely N-dealkylation sites (tertiary alicyclic amines) is 1. The number of carbonyl (C=O) groups excluding carboxylic acids is 2. The van der Waals surface area contributed by atoms with E-state index in [1.165, 1.54) is 12.0 Å². The number of alkyl halides is 1. The Hall–Kier alpha value is -0.970. The van der Waals surface area contributed by atoms with Crippen LogP contribution in [0, 0.1) is 0 Å². The number of nitrogens with zero attached hydrogens (tertiary/aromatic N) is 1. The Morgan fingerprint density at radius 2 is 1.94 bits per heavy atom. The zero-order valence-corrected chi connectivity index (χ0v) is 11.3. The Labute approximate surface area is 106 Å². The van der Waals surface area contributed by atoms with E-state index in [4.69, 9.17) is 16.3 Å². The van der Waals surface area contributed by atoms with Gasteiger partial charge in [-0.3, -0.25) is 4.90 Å². The van der Waals surface area contributed by atoms with Gasteiger partial charge in [-0.15, -0.1) is 11.6 Å². The predicted molar refractivity (Wildman–Crippen MR) is 63.0 cm³/mol. The average molecular weight is 264 g/mol. The molecule has 0 N–H and O–H groups in total. The molecule has 0 aromatic heterocycles. The van der Waals surface area contributed by atoms with Crippen molar-refractivity contribution in [3.05, 3.63) is 0 Å². The summed E-state index contributed by atoms with van der Waals surface area (Å²) in [6, 6.07) is -0.641.